The van der Waals surface area contributed by atoms with Crippen LogP contribution in [0.15, 0.2) is 65.5 Å². The van der Waals surface area contributed by atoms with Crippen molar-refractivity contribution in [2.24, 2.45) is 0 Å². The van der Waals surface area contributed by atoms with Gasteiger partial charge in [0.15, 0.2) is 0 Å². The lowest BCUT2D eigenvalue weighted by Crippen LogP contribution is -2.60. The summed E-state index contributed by atoms with van der Waals surface area (Å²) in [6.07, 6.45) is 9.00. The third-order valence-corrected chi connectivity index (χ3v) is 14.9. The number of rotatable bonds is 15. The van der Waals surface area contributed by atoms with Crippen molar-refractivity contribution >= 4 is 80.1 Å². The van der Waals surface area contributed by atoms with Crippen molar-refractivity contribution in [2.45, 2.75) is 63.5 Å². The molecule has 344 valence electrons. The predicted octanol–water partition coefficient (Wildman–Crippen LogP) is 6.99. The number of piperazine rings is 1. The van der Waals surface area contributed by atoms with Gasteiger partial charge in [-0.3, -0.25) is 29.8 Å². The van der Waals surface area contributed by atoms with Crippen LogP contribution < -0.4 is 30.9 Å². The van der Waals surface area contributed by atoms with Crippen LogP contribution in [0.3, 0.4) is 0 Å². The largest absolute Gasteiger partial charge is 0.494 e. The number of aromatic nitrogens is 4. The van der Waals surface area contributed by atoms with E-state index in [9.17, 15) is 14.2 Å². The first-order chi connectivity index (χ1) is 31.3. The Labute approximate surface area is 387 Å². The fourth-order valence-corrected chi connectivity index (χ4v) is 11.3. The fourth-order valence-electron chi connectivity index (χ4n) is 9.57. The van der Waals surface area contributed by atoms with Crippen molar-refractivity contribution in [1.82, 2.24) is 35.1 Å². The Morgan fingerprint density at radius 1 is 0.954 bits per heavy atom. The molecule has 3 aromatic carbocycles. The van der Waals surface area contributed by atoms with Gasteiger partial charge in [-0.2, -0.15) is 4.98 Å². The molecule has 18 heteroatoms. The lowest BCUT2D eigenvalue weighted by atomic mass is 9.89. The van der Waals surface area contributed by atoms with Gasteiger partial charge < -0.3 is 34.5 Å². The number of anilines is 5. The first-order valence-electron chi connectivity index (χ1n) is 22.2. The number of amides is 2. The van der Waals surface area contributed by atoms with E-state index >= 15 is 4.39 Å². The van der Waals surface area contributed by atoms with Crippen LogP contribution in [0.5, 0.6) is 5.75 Å². The van der Waals surface area contributed by atoms with E-state index in [0.29, 0.717) is 75.1 Å². The molecule has 2 atom stereocenters. The van der Waals surface area contributed by atoms with Gasteiger partial charge in [-0.25, -0.2) is 9.37 Å². The van der Waals surface area contributed by atoms with Gasteiger partial charge in [-0.1, -0.05) is 19.1 Å². The molecular formula is C47H57BrFN10O5P. The number of hydrogen-bond donors (Lipinski definition) is 3. The van der Waals surface area contributed by atoms with Crippen molar-refractivity contribution in [3.63, 3.8) is 0 Å². The normalized spacial score (nSPS) is 19.1. The molecule has 3 aliphatic rings. The minimum absolute atomic E-state index is 0.219. The number of piperidine rings is 2. The summed E-state index contributed by atoms with van der Waals surface area (Å²) in [5.41, 5.74) is 6.22. The second-order valence-corrected chi connectivity index (χ2v) is 21.4. The number of carbonyl (C=O) groups is 2. The number of nitrogens with one attached hydrogen (secondary N) is 3. The molecule has 5 aromatic rings. The molecule has 0 radical (unpaired) electrons. The highest BCUT2D eigenvalue weighted by atomic mass is 79.9. The van der Waals surface area contributed by atoms with Crippen molar-refractivity contribution in [3.05, 3.63) is 88.0 Å². The van der Waals surface area contributed by atoms with Gasteiger partial charge in [-0.05, 0) is 96.8 Å². The number of ether oxygens (including phenoxy) is 2. The fraction of sp³-hybridized carbons (Fsp3) is 0.447. The van der Waals surface area contributed by atoms with E-state index in [1.807, 2.05) is 18.2 Å². The molecule has 3 aliphatic heterocycles. The smallest absolute Gasteiger partial charge is 0.234 e. The Hall–Kier alpha value is -5.06. The zero-order valence-corrected chi connectivity index (χ0v) is 40.1. The van der Waals surface area contributed by atoms with Crippen LogP contribution in [-0.4, -0.2) is 127 Å². The van der Waals surface area contributed by atoms with Crippen LogP contribution in [0.4, 0.5) is 33.2 Å². The zero-order chi connectivity index (χ0) is 45.8. The van der Waals surface area contributed by atoms with Crippen LogP contribution in [0.25, 0.3) is 11.0 Å². The Morgan fingerprint density at radius 3 is 2.48 bits per heavy atom. The number of benzene rings is 3. The molecule has 0 bridgehead atoms. The van der Waals surface area contributed by atoms with Crippen LogP contribution in [0.1, 0.15) is 55.2 Å². The molecule has 3 N–H and O–H groups in total. The van der Waals surface area contributed by atoms with E-state index in [-0.39, 0.29) is 18.4 Å². The molecule has 3 fully saturated rings. The summed E-state index contributed by atoms with van der Waals surface area (Å²) in [4.78, 5) is 49.8. The minimum atomic E-state index is -2.79. The lowest BCUT2D eigenvalue weighted by Gasteiger charge is -2.48. The van der Waals surface area contributed by atoms with Gasteiger partial charge in [0.25, 0.3) is 0 Å². The van der Waals surface area contributed by atoms with Gasteiger partial charge in [0, 0.05) is 101 Å². The average Bonchev–Trinajstić information content (AvgIpc) is 3.29. The summed E-state index contributed by atoms with van der Waals surface area (Å²) in [5.74, 6) is -0.219. The summed E-state index contributed by atoms with van der Waals surface area (Å²) in [7, 11) is 0.646. The van der Waals surface area contributed by atoms with Gasteiger partial charge in [0.1, 0.15) is 30.0 Å². The maximum absolute atomic E-state index is 15.2. The van der Waals surface area contributed by atoms with Gasteiger partial charge >= 0.3 is 0 Å². The molecule has 5 heterocycles. The van der Waals surface area contributed by atoms with Crippen LogP contribution >= 0.6 is 23.1 Å². The first kappa shape index (κ1) is 46.5. The molecule has 65 heavy (non-hydrogen) atoms. The Balaban J connectivity index is 0.897. The molecule has 15 nitrogen and oxygen atoms in total. The molecule has 0 aliphatic carbocycles. The molecule has 0 saturated carbocycles. The summed E-state index contributed by atoms with van der Waals surface area (Å²) < 4.78 is 41.1. The molecular weight excluding hydrogens is 914 g/mol. The van der Waals surface area contributed by atoms with Crippen LogP contribution in [-0.2, 0) is 31.7 Å². The molecule has 1 unspecified atom stereocenters. The summed E-state index contributed by atoms with van der Waals surface area (Å²) in [5, 5.41) is 9.72. The lowest BCUT2D eigenvalue weighted by molar-refractivity contribution is -0.134. The number of methoxy groups -OCH3 is 2. The molecule has 0 spiro atoms. The SMILES string of the molecule is CCc1cc(Nc2ncc(Br)c(Nc3ccc4nccnc4c3P(C)(C)=O)n2)c(OC)cc1N1CCC(N2CCN(CCc3ccc(C4CCC(=O)NC4=O)c(F)c3)C[C@H]2COC)CC1. The monoisotopic (exact) mass is 970 g/mol. The van der Waals surface area contributed by atoms with Crippen LogP contribution in [0, 0.1) is 5.82 Å². The average molecular weight is 972 g/mol. The second kappa shape index (κ2) is 20.2. The van der Waals surface area contributed by atoms with Crippen molar-refractivity contribution in [1.29, 1.82) is 0 Å². The maximum Gasteiger partial charge on any atom is 0.234 e. The number of nitrogens with zero attached hydrogens (tertiary/aromatic N) is 7. The first-order valence-corrected chi connectivity index (χ1v) is 25.6. The molecule has 2 aromatic heterocycles. The third-order valence-electron chi connectivity index (χ3n) is 12.8. The maximum atomic E-state index is 15.2. The van der Waals surface area contributed by atoms with Crippen LogP contribution in [0.2, 0.25) is 0 Å². The number of imide groups is 1. The van der Waals surface area contributed by atoms with Crippen molar-refractivity contribution < 1.29 is 28.0 Å². The Morgan fingerprint density at radius 2 is 1.75 bits per heavy atom. The Bertz CT molecular complexity index is 2610. The standard InChI is InChI=1S/C47H57BrFN10O5P/c1-6-30-24-39(54-47-52-26-35(48)45(56-47)53-38-11-10-37-43(51-17-16-50-37)44(38)65(4,5)62)41(64-3)25-40(30)58-19-14-31(15-20-58)59-22-21-57(27-32(59)28-63-2)18-13-29-7-8-33(36(49)23-29)34-9-12-42(60)55-46(34)61/h7-8,10-11,16-17,23-26,31-32,34H,6,9,12-15,18-22,27-28H2,1-5H3,(H,55,60,61)(H2,52,53,54,56)/t32-,34?/m0/s1. The van der Waals surface area contributed by atoms with E-state index in [1.165, 1.54) is 5.56 Å². The number of hydrogen-bond acceptors (Lipinski definition) is 14. The predicted molar refractivity (Wildman–Crippen MR) is 257 cm³/mol. The van der Waals surface area contributed by atoms with Gasteiger partial charge in [-0.15, -0.1) is 0 Å². The molecule has 8 rings (SSSR count). The van der Waals surface area contributed by atoms with Crippen molar-refractivity contribution in [2.75, 3.05) is 89.0 Å². The van der Waals surface area contributed by atoms with Gasteiger partial charge in [0.2, 0.25) is 17.8 Å². The van der Waals surface area contributed by atoms with Crippen molar-refractivity contribution in [3.8, 4) is 5.75 Å². The summed E-state index contributed by atoms with van der Waals surface area (Å²) >= 11 is 3.60. The number of halogens is 2. The molecule has 3 saturated heterocycles. The molecule has 2 amide bonds. The second-order valence-electron chi connectivity index (χ2n) is 17.4. The zero-order valence-electron chi connectivity index (χ0n) is 37.6. The van der Waals surface area contributed by atoms with Gasteiger partial charge in [0.05, 0.1) is 46.3 Å². The summed E-state index contributed by atoms with van der Waals surface area (Å²) in [6.45, 7) is 11.6. The highest BCUT2D eigenvalue weighted by molar-refractivity contribution is 9.10. The quantitative estimate of drug-likeness (QED) is 0.0726. The van der Waals surface area contributed by atoms with E-state index in [2.05, 4.69) is 80.6 Å². The van der Waals surface area contributed by atoms with E-state index in [4.69, 9.17) is 14.5 Å². The van der Waals surface area contributed by atoms with E-state index in [0.717, 1.165) is 75.5 Å². The van der Waals surface area contributed by atoms with E-state index in [1.54, 1.807) is 58.3 Å². The number of carbonyl (C=O) groups excluding carboxylic acids is 2. The summed E-state index contributed by atoms with van der Waals surface area (Å²) in [6, 6.07) is 13.8. The highest BCUT2D eigenvalue weighted by Crippen LogP contribution is 2.42. The number of aryl methyl sites for hydroxylation is 1. The third kappa shape index (κ3) is 10.5. The Kier molecular flexibility index (Phi) is 14.5. The highest BCUT2D eigenvalue weighted by Gasteiger charge is 2.35. The van der Waals surface area contributed by atoms with E-state index < -0.39 is 24.8 Å². The minimum Gasteiger partial charge on any atom is -0.494 e. The number of fused-ring (bicyclic) bond motifs is 1. The topological polar surface area (TPSA) is 167 Å².